The van der Waals surface area contributed by atoms with E-state index in [1.165, 1.54) is 0 Å². The van der Waals surface area contributed by atoms with Gasteiger partial charge in [0.2, 0.25) is 0 Å². The van der Waals surface area contributed by atoms with E-state index in [-0.39, 0.29) is 11.6 Å². The van der Waals surface area contributed by atoms with Crippen molar-refractivity contribution in [3.63, 3.8) is 0 Å². The van der Waals surface area contributed by atoms with E-state index in [9.17, 15) is 4.79 Å². The van der Waals surface area contributed by atoms with Crippen molar-refractivity contribution in [1.82, 2.24) is 4.90 Å². The van der Waals surface area contributed by atoms with Crippen LogP contribution in [0, 0.1) is 0 Å². The zero-order valence-electron chi connectivity index (χ0n) is 7.39. The van der Waals surface area contributed by atoms with Crippen LogP contribution < -0.4 is 0 Å². The van der Waals surface area contributed by atoms with Crippen LogP contribution in [0.3, 0.4) is 0 Å². The lowest BCUT2D eigenvalue weighted by Gasteiger charge is -2.40. The van der Waals surface area contributed by atoms with Gasteiger partial charge in [0.1, 0.15) is 0 Å². The SMILES string of the molecule is CCN1C(=O)OCCC1(C)C. The third kappa shape index (κ3) is 1.47. The van der Waals surface area contributed by atoms with Gasteiger partial charge in [0.15, 0.2) is 0 Å². The maximum atomic E-state index is 11.1. The number of hydrogen-bond acceptors (Lipinski definition) is 2. The topological polar surface area (TPSA) is 29.5 Å². The van der Waals surface area contributed by atoms with Gasteiger partial charge in [-0.25, -0.2) is 4.79 Å². The van der Waals surface area contributed by atoms with Gasteiger partial charge in [-0.2, -0.15) is 0 Å². The first-order chi connectivity index (χ1) is 5.08. The molecule has 1 rings (SSSR count). The normalized spacial score (nSPS) is 23.2. The Labute approximate surface area is 67.3 Å². The summed E-state index contributed by atoms with van der Waals surface area (Å²) in [4.78, 5) is 12.9. The number of amides is 1. The molecule has 0 radical (unpaired) electrons. The highest BCUT2D eigenvalue weighted by molar-refractivity contribution is 5.69. The molecule has 1 aliphatic rings. The molecule has 1 fully saturated rings. The summed E-state index contributed by atoms with van der Waals surface area (Å²) in [5, 5.41) is 0. The molecule has 0 spiro atoms. The summed E-state index contributed by atoms with van der Waals surface area (Å²) in [7, 11) is 0. The van der Waals surface area contributed by atoms with E-state index < -0.39 is 0 Å². The van der Waals surface area contributed by atoms with E-state index in [0.717, 1.165) is 13.0 Å². The zero-order valence-corrected chi connectivity index (χ0v) is 7.39. The number of carbonyl (C=O) groups excluding carboxylic acids is 1. The van der Waals surface area contributed by atoms with Crippen molar-refractivity contribution in [2.45, 2.75) is 32.7 Å². The van der Waals surface area contributed by atoms with Crippen molar-refractivity contribution >= 4 is 6.09 Å². The van der Waals surface area contributed by atoms with Crippen LogP contribution in [0.1, 0.15) is 27.2 Å². The highest BCUT2D eigenvalue weighted by Crippen LogP contribution is 2.23. The van der Waals surface area contributed by atoms with Crippen LogP contribution >= 0.6 is 0 Å². The van der Waals surface area contributed by atoms with Gasteiger partial charge >= 0.3 is 6.09 Å². The number of cyclic esters (lactones) is 1. The quantitative estimate of drug-likeness (QED) is 0.579. The predicted octanol–water partition coefficient (Wildman–Crippen LogP) is 1.63. The van der Waals surface area contributed by atoms with E-state index in [0.29, 0.717) is 6.61 Å². The molecular weight excluding hydrogens is 142 g/mol. The van der Waals surface area contributed by atoms with E-state index in [1.54, 1.807) is 4.90 Å². The Hall–Kier alpha value is -0.730. The average molecular weight is 157 g/mol. The summed E-state index contributed by atoms with van der Waals surface area (Å²) in [6, 6.07) is 0. The third-order valence-electron chi connectivity index (χ3n) is 2.21. The molecule has 0 aliphatic carbocycles. The molecule has 64 valence electrons. The average Bonchev–Trinajstić information content (AvgIpc) is 1.86. The Morgan fingerprint density at radius 1 is 1.64 bits per heavy atom. The fraction of sp³-hybridized carbons (Fsp3) is 0.875. The van der Waals surface area contributed by atoms with Crippen molar-refractivity contribution in [2.75, 3.05) is 13.2 Å². The molecule has 0 bridgehead atoms. The number of carbonyl (C=O) groups is 1. The smallest absolute Gasteiger partial charge is 0.410 e. The number of rotatable bonds is 1. The molecule has 0 N–H and O–H groups in total. The van der Waals surface area contributed by atoms with E-state index in [1.807, 2.05) is 6.92 Å². The highest BCUT2D eigenvalue weighted by atomic mass is 16.6. The third-order valence-corrected chi connectivity index (χ3v) is 2.21. The Balaban J connectivity index is 2.72. The van der Waals surface area contributed by atoms with Gasteiger partial charge in [0.05, 0.1) is 6.61 Å². The minimum absolute atomic E-state index is 0.0237. The lowest BCUT2D eigenvalue weighted by Crippen LogP contribution is -2.52. The van der Waals surface area contributed by atoms with Gasteiger partial charge in [-0.05, 0) is 20.8 Å². The van der Waals surface area contributed by atoms with Crippen molar-refractivity contribution < 1.29 is 9.53 Å². The molecule has 0 saturated carbocycles. The van der Waals surface area contributed by atoms with E-state index in [2.05, 4.69) is 13.8 Å². The van der Waals surface area contributed by atoms with Gasteiger partial charge in [-0.3, -0.25) is 0 Å². The maximum Gasteiger partial charge on any atom is 0.410 e. The first kappa shape index (κ1) is 8.37. The summed E-state index contributed by atoms with van der Waals surface area (Å²) in [6.07, 6.45) is 0.746. The van der Waals surface area contributed by atoms with Crippen molar-refractivity contribution in [3.05, 3.63) is 0 Å². The zero-order chi connectivity index (χ0) is 8.48. The van der Waals surface area contributed by atoms with Crippen molar-refractivity contribution in [3.8, 4) is 0 Å². The summed E-state index contributed by atoms with van der Waals surface area (Å²) in [5.41, 5.74) is -0.0237. The Morgan fingerprint density at radius 2 is 2.27 bits per heavy atom. The van der Waals surface area contributed by atoms with Crippen molar-refractivity contribution in [2.24, 2.45) is 0 Å². The van der Waals surface area contributed by atoms with Crippen LogP contribution in [-0.2, 0) is 4.74 Å². The summed E-state index contributed by atoms with van der Waals surface area (Å²) in [5.74, 6) is 0. The van der Waals surface area contributed by atoms with Crippen LogP contribution in [0.25, 0.3) is 0 Å². The standard InChI is InChI=1S/C8H15NO2/c1-4-9-7(10)11-6-5-8(9,2)3/h4-6H2,1-3H3. The molecular formula is C8H15NO2. The van der Waals surface area contributed by atoms with Crippen LogP contribution in [-0.4, -0.2) is 29.7 Å². The molecule has 0 aromatic heterocycles. The monoisotopic (exact) mass is 157 g/mol. The molecule has 1 amide bonds. The Morgan fingerprint density at radius 3 is 2.64 bits per heavy atom. The fourth-order valence-corrected chi connectivity index (χ4v) is 1.41. The molecule has 1 aliphatic heterocycles. The lowest BCUT2D eigenvalue weighted by molar-refractivity contribution is 0.0139. The van der Waals surface area contributed by atoms with Gasteiger partial charge in [-0.1, -0.05) is 0 Å². The van der Waals surface area contributed by atoms with Gasteiger partial charge in [0, 0.05) is 18.5 Å². The first-order valence-electron chi connectivity index (χ1n) is 4.02. The molecule has 3 heteroatoms. The lowest BCUT2D eigenvalue weighted by atomic mass is 9.98. The van der Waals surface area contributed by atoms with E-state index >= 15 is 0 Å². The van der Waals surface area contributed by atoms with Gasteiger partial charge in [0.25, 0.3) is 0 Å². The van der Waals surface area contributed by atoms with E-state index in [4.69, 9.17) is 4.74 Å². The predicted molar refractivity (Wildman–Crippen MR) is 42.4 cm³/mol. The maximum absolute atomic E-state index is 11.1. The van der Waals surface area contributed by atoms with Crippen LogP contribution in [0.15, 0.2) is 0 Å². The second-order valence-electron chi connectivity index (χ2n) is 3.42. The summed E-state index contributed by atoms with van der Waals surface area (Å²) in [6.45, 7) is 7.39. The fourth-order valence-electron chi connectivity index (χ4n) is 1.41. The Bertz CT molecular complexity index is 165. The number of hydrogen-bond donors (Lipinski definition) is 0. The minimum atomic E-state index is -0.177. The number of ether oxygens (including phenoxy) is 1. The van der Waals surface area contributed by atoms with Gasteiger partial charge in [-0.15, -0.1) is 0 Å². The van der Waals surface area contributed by atoms with Crippen LogP contribution in [0.4, 0.5) is 4.79 Å². The van der Waals surface area contributed by atoms with Gasteiger partial charge < -0.3 is 9.64 Å². The molecule has 0 aromatic rings. The largest absolute Gasteiger partial charge is 0.449 e. The second-order valence-corrected chi connectivity index (χ2v) is 3.42. The summed E-state index contributed by atoms with van der Waals surface area (Å²) >= 11 is 0. The molecule has 1 heterocycles. The first-order valence-corrected chi connectivity index (χ1v) is 4.02. The molecule has 0 atom stereocenters. The van der Waals surface area contributed by atoms with Crippen molar-refractivity contribution in [1.29, 1.82) is 0 Å². The molecule has 11 heavy (non-hydrogen) atoms. The highest BCUT2D eigenvalue weighted by Gasteiger charge is 2.34. The molecule has 3 nitrogen and oxygen atoms in total. The summed E-state index contributed by atoms with van der Waals surface area (Å²) < 4.78 is 4.90. The molecule has 1 saturated heterocycles. The number of nitrogens with zero attached hydrogens (tertiary/aromatic N) is 1. The Kier molecular flexibility index (Phi) is 2.07. The van der Waals surface area contributed by atoms with Crippen LogP contribution in [0.2, 0.25) is 0 Å². The second kappa shape index (κ2) is 2.72. The molecule has 0 aromatic carbocycles. The molecule has 0 unspecified atom stereocenters. The minimum Gasteiger partial charge on any atom is -0.449 e. The van der Waals surface area contributed by atoms with Crippen LogP contribution in [0.5, 0.6) is 0 Å².